The molecule has 0 spiro atoms. The molecule has 1 saturated carbocycles. The van der Waals surface area contributed by atoms with Gasteiger partial charge in [-0.25, -0.2) is 20.0 Å². The molecule has 2 heterocycles. The number of carbonyl (C=O) groups excluding carboxylic acids is 2. The van der Waals surface area contributed by atoms with E-state index in [2.05, 4.69) is 11.0 Å². The summed E-state index contributed by atoms with van der Waals surface area (Å²) in [5.41, 5.74) is 6.47. The number of amides is 2. The van der Waals surface area contributed by atoms with Crippen molar-refractivity contribution in [2.75, 3.05) is 27.2 Å². The van der Waals surface area contributed by atoms with Crippen LogP contribution in [0.2, 0.25) is 0 Å². The number of rotatable bonds is 2. The van der Waals surface area contributed by atoms with Crippen molar-refractivity contribution in [3.8, 4) is 0 Å². The maximum absolute atomic E-state index is 12.8. The normalized spacial score (nSPS) is 34.5. The van der Waals surface area contributed by atoms with Gasteiger partial charge in [0.25, 0.3) is 0 Å². The molecule has 3 rings (SSSR count). The third-order valence-electron chi connectivity index (χ3n) is 5.95. The second kappa shape index (κ2) is 8.20. The van der Waals surface area contributed by atoms with Crippen molar-refractivity contribution in [1.82, 2.24) is 25.8 Å². The molecule has 2 N–H and O–H groups in total. The largest absolute Gasteiger partial charge is 0.453 e. The zero-order valence-corrected chi connectivity index (χ0v) is 17.0. The van der Waals surface area contributed by atoms with E-state index in [1.54, 1.807) is 0 Å². The van der Waals surface area contributed by atoms with E-state index in [-0.39, 0.29) is 36.4 Å². The van der Waals surface area contributed by atoms with Crippen LogP contribution >= 0.6 is 0 Å². The van der Waals surface area contributed by atoms with Crippen LogP contribution < -0.4 is 11.0 Å². The first-order chi connectivity index (χ1) is 12.8. The van der Waals surface area contributed by atoms with Gasteiger partial charge in [-0.1, -0.05) is 0 Å². The van der Waals surface area contributed by atoms with Gasteiger partial charge in [-0.2, -0.15) is 5.53 Å². The SMILES string of the molecule is COC(=O)N1C2CCC(C3CN(C)NN3)CC2N(C(=O)OC(C)C)C[C@@H]1C. The van der Waals surface area contributed by atoms with Crippen LogP contribution in [-0.2, 0) is 9.47 Å². The molecule has 0 aromatic carbocycles. The number of ether oxygens (including phenoxy) is 2. The minimum atomic E-state index is -0.312. The molecule has 0 aromatic rings. The number of piperazine rings is 1. The number of carbonyl (C=O) groups is 2. The number of fused-ring (bicyclic) bond motifs is 1. The lowest BCUT2D eigenvalue weighted by Gasteiger charge is -2.53. The number of hydrazine groups is 2. The molecule has 0 aromatic heterocycles. The maximum atomic E-state index is 12.8. The first-order valence-corrected chi connectivity index (χ1v) is 9.87. The summed E-state index contributed by atoms with van der Waals surface area (Å²) in [6.07, 6.45) is 1.92. The van der Waals surface area contributed by atoms with Crippen molar-refractivity contribution in [3.63, 3.8) is 0 Å². The summed E-state index contributed by atoms with van der Waals surface area (Å²) in [4.78, 5) is 28.8. The van der Waals surface area contributed by atoms with E-state index < -0.39 is 0 Å². The summed E-state index contributed by atoms with van der Waals surface area (Å²) in [6, 6.07) is 0.125. The molecule has 0 radical (unpaired) electrons. The Morgan fingerprint density at radius 2 is 1.85 bits per heavy atom. The van der Waals surface area contributed by atoms with E-state index in [1.807, 2.05) is 42.6 Å². The zero-order chi connectivity index (χ0) is 19.7. The molecule has 2 amide bonds. The molecule has 9 nitrogen and oxygen atoms in total. The Labute approximate surface area is 161 Å². The van der Waals surface area contributed by atoms with Crippen LogP contribution in [0.1, 0.15) is 40.0 Å². The zero-order valence-electron chi connectivity index (χ0n) is 17.0. The van der Waals surface area contributed by atoms with Gasteiger partial charge in [0.2, 0.25) is 0 Å². The van der Waals surface area contributed by atoms with Crippen LogP contribution in [0.3, 0.4) is 0 Å². The standard InChI is InChI=1S/C18H33N5O4/c1-11(2)27-17(24)22-9-12(3)23(18(25)26-5)15-7-6-13(8-16(15)22)14-10-21(4)20-19-14/h11-16,19-20H,6-10H2,1-5H3/t12-,13?,14?,15?,16?/m0/s1. The highest BCUT2D eigenvalue weighted by molar-refractivity contribution is 5.72. The summed E-state index contributed by atoms with van der Waals surface area (Å²) < 4.78 is 10.5. The summed E-state index contributed by atoms with van der Waals surface area (Å²) >= 11 is 0. The van der Waals surface area contributed by atoms with Crippen LogP contribution in [0.5, 0.6) is 0 Å². The predicted molar refractivity (Wildman–Crippen MR) is 99.6 cm³/mol. The number of hydrogen-bond acceptors (Lipinski definition) is 7. The molecule has 1 aliphatic carbocycles. The minimum Gasteiger partial charge on any atom is -0.453 e. The molecule has 3 fully saturated rings. The van der Waals surface area contributed by atoms with Crippen molar-refractivity contribution < 1.29 is 19.1 Å². The lowest BCUT2D eigenvalue weighted by atomic mass is 9.76. The van der Waals surface area contributed by atoms with E-state index in [0.29, 0.717) is 18.5 Å². The van der Waals surface area contributed by atoms with E-state index >= 15 is 0 Å². The lowest BCUT2D eigenvalue weighted by Crippen LogP contribution is -2.67. The maximum Gasteiger partial charge on any atom is 0.410 e. The topological polar surface area (TPSA) is 86.4 Å². The van der Waals surface area contributed by atoms with Crippen LogP contribution in [-0.4, -0.2) is 84.5 Å². The van der Waals surface area contributed by atoms with Crippen LogP contribution in [0, 0.1) is 5.92 Å². The van der Waals surface area contributed by atoms with Crippen LogP contribution in [0.4, 0.5) is 9.59 Å². The Morgan fingerprint density at radius 1 is 1.11 bits per heavy atom. The second-order valence-corrected chi connectivity index (χ2v) is 8.26. The second-order valence-electron chi connectivity index (χ2n) is 8.26. The lowest BCUT2D eigenvalue weighted by molar-refractivity contribution is -0.0425. The van der Waals surface area contributed by atoms with Crippen molar-refractivity contribution in [2.24, 2.45) is 5.92 Å². The van der Waals surface area contributed by atoms with E-state index in [4.69, 9.17) is 9.47 Å². The van der Waals surface area contributed by atoms with Crippen molar-refractivity contribution in [2.45, 2.75) is 70.3 Å². The van der Waals surface area contributed by atoms with E-state index in [9.17, 15) is 9.59 Å². The highest BCUT2D eigenvalue weighted by Crippen LogP contribution is 2.38. The molecule has 9 heteroatoms. The van der Waals surface area contributed by atoms with Crippen molar-refractivity contribution >= 4 is 12.2 Å². The van der Waals surface area contributed by atoms with Crippen molar-refractivity contribution in [3.05, 3.63) is 0 Å². The van der Waals surface area contributed by atoms with Gasteiger partial charge in [0, 0.05) is 26.2 Å². The van der Waals surface area contributed by atoms with Gasteiger partial charge in [0.05, 0.1) is 31.3 Å². The molecular weight excluding hydrogens is 350 g/mol. The van der Waals surface area contributed by atoms with Gasteiger partial charge in [0.15, 0.2) is 0 Å². The monoisotopic (exact) mass is 383 g/mol. The molecule has 27 heavy (non-hydrogen) atoms. The smallest absolute Gasteiger partial charge is 0.410 e. The average molecular weight is 383 g/mol. The van der Waals surface area contributed by atoms with Crippen LogP contribution in [0.15, 0.2) is 0 Å². The van der Waals surface area contributed by atoms with Gasteiger partial charge in [0.1, 0.15) is 0 Å². The molecular formula is C18H33N5O4. The van der Waals surface area contributed by atoms with Gasteiger partial charge in [-0.15, -0.1) is 0 Å². The summed E-state index contributed by atoms with van der Waals surface area (Å²) in [5, 5.41) is 2.03. The fourth-order valence-corrected chi connectivity index (χ4v) is 4.77. The third-order valence-corrected chi connectivity index (χ3v) is 5.95. The Balaban J connectivity index is 1.81. The Bertz CT molecular complexity index is 560. The van der Waals surface area contributed by atoms with E-state index in [0.717, 1.165) is 25.8 Å². The Hall–Kier alpha value is -1.58. The average Bonchev–Trinajstić information content (AvgIpc) is 3.06. The van der Waals surface area contributed by atoms with Gasteiger partial charge < -0.3 is 14.4 Å². The van der Waals surface area contributed by atoms with Gasteiger partial charge in [-0.3, -0.25) is 4.90 Å². The highest BCUT2D eigenvalue weighted by Gasteiger charge is 2.49. The van der Waals surface area contributed by atoms with Gasteiger partial charge in [-0.05, 0) is 46.0 Å². The molecule has 3 aliphatic rings. The first kappa shape index (κ1) is 20.2. The highest BCUT2D eigenvalue weighted by atomic mass is 16.6. The molecule has 0 bridgehead atoms. The molecule has 2 aliphatic heterocycles. The van der Waals surface area contributed by atoms with Crippen molar-refractivity contribution in [1.29, 1.82) is 0 Å². The molecule has 4 unspecified atom stereocenters. The van der Waals surface area contributed by atoms with Crippen LogP contribution in [0.25, 0.3) is 0 Å². The molecule has 154 valence electrons. The number of likely N-dealkylation sites (N-methyl/N-ethyl adjacent to an activating group) is 1. The fraction of sp³-hybridized carbons (Fsp3) is 0.889. The number of methoxy groups -OCH3 is 1. The summed E-state index contributed by atoms with van der Waals surface area (Å²) in [7, 11) is 3.42. The number of nitrogens with zero attached hydrogens (tertiary/aromatic N) is 3. The molecule has 5 atom stereocenters. The fourth-order valence-electron chi connectivity index (χ4n) is 4.77. The molecule has 2 saturated heterocycles. The quantitative estimate of drug-likeness (QED) is 0.740. The third kappa shape index (κ3) is 4.14. The minimum absolute atomic E-state index is 0.0377. The summed E-state index contributed by atoms with van der Waals surface area (Å²) in [5.74, 6) is 0.422. The number of hydrogen-bond donors (Lipinski definition) is 2. The van der Waals surface area contributed by atoms with E-state index in [1.165, 1.54) is 7.11 Å². The number of nitrogens with one attached hydrogen (secondary N) is 2. The Morgan fingerprint density at radius 3 is 2.44 bits per heavy atom. The first-order valence-electron chi connectivity index (χ1n) is 9.87. The Kier molecular flexibility index (Phi) is 6.12. The summed E-state index contributed by atoms with van der Waals surface area (Å²) in [6.45, 7) is 7.06. The predicted octanol–water partition coefficient (Wildman–Crippen LogP) is 1.16. The van der Waals surface area contributed by atoms with Gasteiger partial charge >= 0.3 is 12.2 Å².